The van der Waals surface area contributed by atoms with Gasteiger partial charge in [0.2, 0.25) is 0 Å². The van der Waals surface area contributed by atoms with Gasteiger partial charge in [-0.25, -0.2) is 0 Å². The lowest BCUT2D eigenvalue weighted by Crippen LogP contribution is -1.93. The summed E-state index contributed by atoms with van der Waals surface area (Å²) in [5, 5.41) is 0. The summed E-state index contributed by atoms with van der Waals surface area (Å²) in [5.41, 5.74) is 0. The molecular formula is C21H38O. The standard InChI is InChI=1S/C21H38O/c1-3-5-7-9-11-12-13-15-17-19-21-20(22-21)18-16-14-10-8-6-4-2/h6,8,14,16,20-21H,3-5,7,9-13,15,17-19H2,1-2H3/b8-6-,16-14-. The van der Waals surface area contributed by atoms with Crippen molar-refractivity contribution in [2.45, 2.75) is 110 Å². The van der Waals surface area contributed by atoms with E-state index in [1.165, 1.54) is 64.2 Å². The van der Waals surface area contributed by atoms with Gasteiger partial charge in [-0.05, 0) is 25.7 Å². The Hall–Kier alpha value is -0.560. The number of hydrogen-bond donors (Lipinski definition) is 0. The highest BCUT2D eigenvalue weighted by molar-refractivity contribution is 4.97. The van der Waals surface area contributed by atoms with Crippen LogP contribution in [-0.4, -0.2) is 12.2 Å². The minimum absolute atomic E-state index is 0.528. The number of epoxide rings is 1. The van der Waals surface area contributed by atoms with Crippen LogP contribution in [0.5, 0.6) is 0 Å². The molecule has 2 unspecified atom stereocenters. The van der Waals surface area contributed by atoms with Crippen molar-refractivity contribution in [3.63, 3.8) is 0 Å². The van der Waals surface area contributed by atoms with Crippen LogP contribution in [0.1, 0.15) is 97.3 Å². The summed E-state index contributed by atoms with van der Waals surface area (Å²) < 4.78 is 5.75. The van der Waals surface area contributed by atoms with Gasteiger partial charge in [0.05, 0.1) is 12.2 Å². The number of unbranched alkanes of at least 4 members (excludes halogenated alkanes) is 8. The zero-order valence-electron chi connectivity index (χ0n) is 15.1. The molecule has 0 saturated carbocycles. The first-order valence-corrected chi connectivity index (χ1v) is 9.84. The van der Waals surface area contributed by atoms with Crippen molar-refractivity contribution in [1.29, 1.82) is 0 Å². The van der Waals surface area contributed by atoms with Crippen LogP contribution >= 0.6 is 0 Å². The highest BCUT2D eigenvalue weighted by Crippen LogP contribution is 2.30. The van der Waals surface area contributed by atoms with Gasteiger partial charge in [0.25, 0.3) is 0 Å². The van der Waals surface area contributed by atoms with Crippen LogP contribution in [0.4, 0.5) is 0 Å². The highest BCUT2D eigenvalue weighted by Gasteiger charge is 2.36. The Morgan fingerprint density at radius 1 is 0.682 bits per heavy atom. The fraction of sp³-hybridized carbons (Fsp3) is 0.810. The Balaban J connectivity index is 1.81. The molecule has 1 saturated heterocycles. The first-order valence-electron chi connectivity index (χ1n) is 9.84. The molecule has 0 aromatic heterocycles. The van der Waals surface area contributed by atoms with E-state index in [9.17, 15) is 0 Å². The Morgan fingerprint density at radius 3 is 2.00 bits per heavy atom. The van der Waals surface area contributed by atoms with Crippen LogP contribution < -0.4 is 0 Å². The molecule has 1 aliphatic rings. The molecule has 1 aliphatic heterocycles. The molecule has 0 spiro atoms. The summed E-state index contributed by atoms with van der Waals surface area (Å²) in [6, 6.07) is 0. The summed E-state index contributed by atoms with van der Waals surface area (Å²) in [7, 11) is 0. The normalized spacial score (nSPS) is 21.2. The van der Waals surface area contributed by atoms with E-state index in [4.69, 9.17) is 4.74 Å². The molecule has 0 amide bonds. The van der Waals surface area contributed by atoms with Crippen LogP contribution in [0.25, 0.3) is 0 Å². The van der Waals surface area contributed by atoms with Crippen molar-refractivity contribution in [3.8, 4) is 0 Å². The smallest absolute Gasteiger partial charge is 0.0876 e. The zero-order valence-corrected chi connectivity index (χ0v) is 15.1. The zero-order chi connectivity index (χ0) is 15.9. The van der Waals surface area contributed by atoms with Crippen LogP contribution in [0.3, 0.4) is 0 Å². The first kappa shape index (κ1) is 19.5. The van der Waals surface area contributed by atoms with E-state index in [1.54, 1.807) is 0 Å². The quantitative estimate of drug-likeness (QED) is 0.181. The molecule has 0 radical (unpaired) electrons. The molecule has 0 aromatic rings. The second-order valence-electron chi connectivity index (χ2n) is 6.65. The average molecular weight is 307 g/mol. The van der Waals surface area contributed by atoms with Crippen LogP contribution in [0, 0.1) is 0 Å². The van der Waals surface area contributed by atoms with Crippen molar-refractivity contribution in [1.82, 2.24) is 0 Å². The largest absolute Gasteiger partial charge is 0.369 e. The predicted molar refractivity (Wildman–Crippen MR) is 98.3 cm³/mol. The number of rotatable bonds is 15. The second-order valence-corrected chi connectivity index (χ2v) is 6.65. The fourth-order valence-electron chi connectivity index (χ4n) is 2.96. The summed E-state index contributed by atoms with van der Waals surface area (Å²) >= 11 is 0. The molecule has 0 aliphatic carbocycles. The lowest BCUT2D eigenvalue weighted by molar-refractivity contribution is 0.358. The first-order chi connectivity index (χ1) is 10.9. The van der Waals surface area contributed by atoms with Crippen molar-refractivity contribution in [3.05, 3.63) is 24.3 Å². The molecule has 1 heterocycles. The third-order valence-electron chi connectivity index (χ3n) is 4.49. The molecule has 0 aromatic carbocycles. The van der Waals surface area contributed by atoms with Gasteiger partial charge in [0.1, 0.15) is 0 Å². The summed E-state index contributed by atoms with van der Waals surface area (Å²) in [5.74, 6) is 0. The molecule has 128 valence electrons. The third-order valence-corrected chi connectivity index (χ3v) is 4.49. The molecule has 1 heteroatoms. The van der Waals surface area contributed by atoms with E-state index in [-0.39, 0.29) is 0 Å². The summed E-state index contributed by atoms with van der Waals surface area (Å²) in [4.78, 5) is 0. The van der Waals surface area contributed by atoms with E-state index in [0.29, 0.717) is 12.2 Å². The van der Waals surface area contributed by atoms with E-state index in [1.807, 2.05) is 0 Å². The molecular weight excluding hydrogens is 268 g/mol. The number of ether oxygens (including phenoxy) is 1. The summed E-state index contributed by atoms with van der Waals surface area (Å²) in [6.07, 6.45) is 27.5. The van der Waals surface area contributed by atoms with E-state index >= 15 is 0 Å². The Morgan fingerprint density at radius 2 is 1.32 bits per heavy atom. The maximum atomic E-state index is 5.75. The fourth-order valence-corrected chi connectivity index (χ4v) is 2.96. The maximum Gasteiger partial charge on any atom is 0.0876 e. The predicted octanol–water partition coefficient (Wildman–Crippen LogP) is 6.98. The average Bonchev–Trinajstić information content (AvgIpc) is 3.27. The Bertz CT molecular complexity index is 292. The number of allylic oxidation sites excluding steroid dienone is 3. The third kappa shape index (κ3) is 11.1. The topological polar surface area (TPSA) is 12.5 Å². The van der Waals surface area contributed by atoms with E-state index in [2.05, 4.69) is 38.2 Å². The molecule has 0 bridgehead atoms. The minimum Gasteiger partial charge on any atom is -0.369 e. The van der Waals surface area contributed by atoms with Gasteiger partial charge in [0, 0.05) is 0 Å². The molecule has 22 heavy (non-hydrogen) atoms. The van der Waals surface area contributed by atoms with E-state index < -0.39 is 0 Å². The van der Waals surface area contributed by atoms with Gasteiger partial charge in [-0.1, -0.05) is 95.9 Å². The van der Waals surface area contributed by atoms with Crippen molar-refractivity contribution in [2.75, 3.05) is 0 Å². The van der Waals surface area contributed by atoms with Gasteiger partial charge in [0.15, 0.2) is 0 Å². The van der Waals surface area contributed by atoms with E-state index in [0.717, 1.165) is 19.3 Å². The SMILES string of the molecule is CC/C=C\C/C=C\CC1OC1CCCCCCCCCCC. The minimum atomic E-state index is 0.528. The molecule has 1 nitrogen and oxygen atoms in total. The van der Waals surface area contributed by atoms with Crippen molar-refractivity contribution >= 4 is 0 Å². The molecule has 1 rings (SSSR count). The van der Waals surface area contributed by atoms with Gasteiger partial charge < -0.3 is 4.74 Å². The van der Waals surface area contributed by atoms with Gasteiger partial charge in [-0.2, -0.15) is 0 Å². The number of hydrogen-bond acceptors (Lipinski definition) is 1. The second kappa shape index (κ2) is 14.1. The Kier molecular flexibility index (Phi) is 12.5. The highest BCUT2D eigenvalue weighted by atomic mass is 16.6. The molecule has 1 fully saturated rings. The van der Waals surface area contributed by atoms with Crippen LogP contribution in [-0.2, 0) is 4.74 Å². The van der Waals surface area contributed by atoms with Crippen molar-refractivity contribution < 1.29 is 4.74 Å². The lowest BCUT2D eigenvalue weighted by Gasteiger charge is -2.01. The van der Waals surface area contributed by atoms with Gasteiger partial charge in [-0.15, -0.1) is 0 Å². The van der Waals surface area contributed by atoms with Gasteiger partial charge >= 0.3 is 0 Å². The summed E-state index contributed by atoms with van der Waals surface area (Å²) in [6.45, 7) is 4.46. The molecule has 0 N–H and O–H groups in total. The van der Waals surface area contributed by atoms with Crippen LogP contribution in [0.2, 0.25) is 0 Å². The van der Waals surface area contributed by atoms with Crippen LogP contribution in [0.15, 0.2) is 24.3 Å². The van der Waals surface area contributed by atoms with Crippen molar-refractivity contribution in [2.24, 2.45) is 0 Å². The van der Waals surface area contributed by atoms with Gasteiger partial charge in [-0.3, -0.25) is 0 Å². The lowest BCUT2D eigenvalue weighted by atomic mass is 10.0. The monoisotopic (exact) mass is 306 g/mol. The maximum absolute atomic E-state index is 5.75. The molecule has 2 atom stereocenters. The Labute approximate surface area is 139 Å².